The van der Waals surface area contributed by atoms with Crippen molar-refractivity contribution in [2.45, 2.75) is 69.2 Å². The van der Waals surface area contributed by atoms with Gasteiger partial charge in [-0.1, -0.05) is 40.5 Å². The van der Waals surface area contributed by atoms with Crippen LogP contribution in [-0.2, 0) is 11.3 Å². The highest BCUT2D eigenvalue weighted by Gasteiger charge is 2.44. The zero-order chi connectivity index (χ0) is 23.9. The normalized spacial score (nSPS) is 23.5. The van der Waals surface area contributed by atoms with Crippen molar-refractivity contribution in [3.05, 3.63) is 64.0 Å². The molecule has 2 amide bonds. The van der Waals surface area contributed by atoms with E-state index in [1.165, 1.54) is 0 Å². The molecule has 1 aromatic carbocycles. The second-order valence-corrected chi connectivity index (χ2v) is 10.4. The average Bonchev–Trinajstić information content (AvgIpc) is 3.55. The van der Waals surface area contributed by atoms with Crippen LogP contribution in [0.1, 0.15) is 55.8 Å². The second-order valence-electron chi connectivity index (χ2n) is 9.59. The van der Waals surface area contributed by atoms with E-state index in [9.17, 15) is 4.79 Å². The van der Waals surface area contributed by atoms with Crippen molar-refractivity contribution in [1.29, 1.82) is 0 Å². The lowest BCUT2D eigenvalue weighted by molar-refractivity contribution is -0.0158. The van der Waals surface area contributed by atoms with E-state index in [0.29, 0.717) is 39.6 Å². The Labute approximate surface area is 213 Å². The Hall–Kier alpha value is -2.61. The van der Waals surface area contributed by atoms with E-state index in [2.05, 4.69) is 15.5 Å². The van der Waals surface area contributed by atoms with Crippen LogP contribution in [0.3, 0.4) is 0 Å². The first-order valence-corrected chi connectivity index (χ1v) is 12.9. The third-order valence-electron chi connectivity index (χ3n) is 7.25. The van der Waals surface area contributed by atoms with Gasteiger partial charge in [-0.2, -0.15) is 0 Å². The summed E-state index contributed by atoms with van der Waals surface area (Å²) >= 11 is 13.0. The molecule has 6 rings (SSSR count). The van der Waals surface area contributed by atoms with Crippen LogP contribution in [0, 0.1) is 0 Å². The predicted molar refractivity (Wildman–Crippen MR) is 134 cm³/mol. The maximum Gasteiger partial charge on any atom is 0.323 e. The number of rotatable bonds is 6. The molecule has 4 heterocycles. The van der Waals surface area contributed by atoms with E-state index in [-0.39, 0.29) is 24.2 Å². The maximum absolute atomic E-state index is 13.0. The summed E-state index contributed by atoms with van der Waals surface area (Å²) in [6, 6.07) is 11.2. The molecule has 3 aromatic rings. The van der Waals surface area contributed by atoms with Crippen molar-refractivity contribution in [3.63, 3.8) is 0 Å². The summed E-state index contributed by atoms with van der Waals surface area (Å²) in [6.45, 7) is 0.385. The monoisotopic (exact) mass is 512 g/mol. The minimum Gasteiger partial charge on any atom is -0.373 e. The Morgan fingerprint density at radius 1 is 1.06 bits per heavy atom. The van der Waals surface area contributed by atoms with Crippen LogP contribution in [0.15, 0.2) is 47.1 Å². The Morgan fingerprint density at radius 2 is 1.80 bits per heavy atom. The van der Waals surface area contributed by atoms with Gasteiger partial charge >= 0.3 is 6.03 Å². The molecule has 0 radical (unpaired) electrons. The fourth-order valence-corrected chi connectivity index (χ4v) is 6.03. The van der Waals surface area contributed by atoms with E-state index in [0.717, 1.165) is 49.8 Å². The topological polar surface area (TPSA) is 80.5 Å². The molecule has 35 heavy (non-hydrogen) atoms. The number of aromatic nitrogens is 2. The van der Waals surface area contributed by atoms with E-state index >= 15 is 0 Å². The van der Waals surface area contributed by atoms with Crippen molar-refractivity contribution < 1.29 is 14.1 Å². The van der Waals surface area contributed by atoms with Crippen molar-refractivity contribution in [2.24, 2.45) is 0 Å². The lowest BCUT2D eigenvalue weighted by atomic mass is 9.99. The molecule has 1 aliphatic carbocycles. The minimum absolute atomic E-state index is 0.0583. The van der Waals surface area contributed by atoms with Crippen molar-refractivity contribution >= 4 is 35.1 Å². The summed E-state index contributed by atoms with van der Waals surface area (Å²) in [5.41, 5.74) is 2.29. The van der Waals surface area contributed by atoms with Gasteiger partial charge in [0.05, 0.1) is 22.8 Å². The summed E-state index contributed by atoms with van der Waals surface area (Å²) in [4.78, 5) is 19.2. The molecule has 2 aliphatic heterocycles. The van der Waals surface area contributed by atoms with Gasteiger partial charge in [-0.25, -0.2) is 9.78 Å². The first kappa shape index (κ1) is 22.8. The molecule has 1 saturated carbocycles. The zero-order valence-corrected chi connectivity index (χ0v) is 20.6. The van der Waals surface area contributed by atoms with Crippen molar-refractivity contribution in [2.75, 3.05) is 5.32 Å². The number of ether oxygens (including phenoxy) is 1. The number of anilines is 1. The van der Waals surface area contributed by atoms with E-state index in [1.54, 1.807) is 12.3 Å². The van der Waals surface area contributed by atoms with Crippen LogP contribution in [0.4, 0.5) is 10.6 Å². The number of nitrogens with zero attached hydrogens (tertiary/aromatic N) is 3. The van der Waals surface area contributed by atoms with Crippen LogP contribution in [-0.4, -0.2) is 39.3 Å². The summed E-state index contributed by atoms with van der Waals surface area (Å²) in [7, 11) is 0. The number of carbonyl (C=O) groups excluding carboxylic acids is 1. The molecule has 3 fully saturated rings. The molecule has 0 spiro atoms. The largest absolute Gasteiger partial charge is 0.373 e. The van der Waals surface area contributed by atoms with E-state index in [1.807, 2.05) is 35.2 Å². The van der Waals surface area contributed by atoms with Gasteiger partial charge in [-0.3, -0.25) is 5.32 Å². The van der Waals surface area contributed by atoms with Gasteiger partial charge in [0.15, 0.2) is 0 Å². The van der Waals surface area contributed by atoms with Gasteiger partial charge in [0.2, 0.25) is 0 Å². The lowest BCUT2D eigenvalue weighted by Gasteiger charge is -2.38. The number of nitrogens with one attached hydrogen (secondary N) is 1. The van der Waals surface area contributed by atoms with E-state index in [4.69, 9.17) is 32.5 Å². The average molecular weight is 513 g/mol. The molecule has 182 valence electrons. The quantitative estimate of drug-likeness (QED) is 0.399. The van der Waals surface area contributed by atoms with Crippen molar-refractivity contribution in [3.8, 4) is 11.3 Å². The number of carbonyl (C=O) groups is 1. The standard InChI is InChI=1S/C26H26Cl2N4O3/c27-20-4-3-5-21(28)23(20)24-19(25(35-31-24)15-7-8-15)14-34-18-12-16-9-10-17(13-18)32(16)26(33)30-22-6-1-2-11-29-22/h1-6,11,15-18H,7-10,12-14H2,(H,29,30,33)/t16-,17?,18?/m0/s1. The van der Waals surface area contributed by atoms with Gasteiger partial charge in [0, 0.05) is 35.3 Å². The Bertz CT molecular complexity index is 1200. The zero-order valence-electron chi connectivity index (χ0n) is 19.1. The van der Waals surface area contributed by atoms with Crippen LogP contribution in [0.2, 0.25) is 10.0 Å². The molecule has 2 aromatic heterocycles. The number of benzene rings is 1. The highest BCUT2D eigenvalue weighted by Crippen LogP contribution is 2.46. The number of urea groups is 1. The number of pyridine rings is 1. The summed E-state index contributed by atoms with van der Waals surface area (Å²) in [5.74, 6) is 1.83. The number of halogens is 2. The summed E-state index contributed by atoms with van der Waals surface area (Å²) < 4.78 is 12.2. The number of amides is 2. The molecular weight excluding hydrogens is 487 g/mol. The number of hydrogen-bond donors (Lipinski definition) is 1. The highest BCUT2D eigenvalue weighted by molar-refractivity contribution is 6.39. The molecule has 2 unspecified atom stereocenters. The number of fused-ring (bicyclic) bond motifs is 2. The van der Waals surface area contributed by atoms with Gasteiger partial charge in [-0.05, 0) is 62.8 Å². The maximum atomic E-state index is 13.0. The highest BCUT2D eigenvalue weighted by atomic mass is 35.5. The number of piperidine rings is 1. The summed E-state index contributed by atoms with van der Waals surface area (Å²) in [5, 5.41) is 8.38. The number of hydrogen-bond acceptors (Lipinski definition) is 5. The van der Waals surface area contributed by atoms with Crippen LogP contribution in [0.5, 0.6) is 0 Å². The predicted octanol–water partition coefficient (Wildman–Crippen LogP) is 6.66. The van der Waals surface area contributed by atoms with Crippen LogP contribution in [0.25, 0.3) is 11.3 Å². The Morgan fingerprint density at radius 3 is 2.46 bits per heavy atom. The molecule has 9 heteroatoms. The first-order valence-electron chi connectivity index (χ1n) is 12.1. The van der Waals surface area contributed by atoms with Gasteiger partial charge in [-0.15, -0.1) is 0 Å². The Kier molecular flexibility index (Phi) is 6.16. The molecule has 2 bridgehead atoms. The second kappa shape index (κ2) is 9.45. The molecule has 2 saturated heterocycles. The van der Waals surface area contributed by atoms with Gasteiger partial charge in [0.1, 0.15) is 17.3 Å². The molecular formula is C26H26Cl2N4O3. The first-order chi connectivity index (χ1) is 17.1. The smallest absolute Gasteiger partial charge is 0.323 e. The molecule has 1 N–H and O–H groups in total. The SMILES string of the molecule is O=C(Nc1ccccn1)N1C2CC[C@H]1CC(OCc1c(-c3c(Cl)cccc3Cl)noc1C1CC1)C2. The minimum atomic E-state index is -0.0830. The third kappa shape index (κ3) is 4.53. The molecule has 3 aliphatic rings. The van der Waals surface area contributed by atoms with E-state index < -0.39 is 0 Å². The fourth-order valence-electron chi connectivity index (χ4n) is 5.46. The molecule has 7 nitrogen and oxygen atoms in total. The fraction of sp³-hybridized carbons (Fsp3) is 0.423. The van der Waals surface area contributed by atoms with Gasteiger partial charge in [0.25, 0.3) is 0 Å². The van der Waals surface area contributed by atoms with Crippen molar-refractivity contribution in [1.82, 2.24) is 15.0 Å². The van der Waals surface area contributed by atoms with Crippen LogP contribution >= 0.6 is 23.2 Å². The van der Waals surface area contributed by atoms with Gasteiger partial charge < -0.3 is 14.2 Å². The molecule has 3 atom stereocenters. The van der Waals surface area contributed by atoms with Crippen LogP contribution < -0.4 is 5.32 Å². The lowest BCUT2D eigenvalue weighted by Crippen LogP contribution is -2.50. The third-order valence-corrected chi connectivity index (χ3v) is 7.88. The Balaban J connectivity index is 1.16. The summed E-state index contributed by atoms with van der Waals surface area (Å²) in [6.07, 6.45) is 7.49.